The van der Waals surface area contributed by atoms with Crippen LogP contribution in [0.2, 0.25) is 0 Å². The lowest BCUT2D eigenvalue weighted by atomic mass is 10.1. The van der Waals surface area contributed by atoms with Crippen molar-refractivity contribution in [2.24, 2.45) is 0 Å². The number of rotatable bonds is 4. The van der Waals surface area contributed by atoms with Crippen molar-refractivity contribution >= 4 is 5.91 Å². The van der Waals surface area contributed by atoms with Crippen molar-refractivity contribution in [1.82, 2.24) is 9.88 Å². The topological polar surface area (TPSA) is 52.5 Å². The Morgan fingerprint density at radius 2 is 1.83 bits per heavy atom. The fourth-order valence-corrected chi connectivity index (χ4v) is 2.65. The van der Waals surface area contributed by atoms with Crippen LogP contribution in [-0.2, 0) is 6.54 Å². The van der Waals surface area contributed by atoms with Gasteiger partial charge in [-0.25, -0.2) is 0 Å². The Labute approximate surface area is 139 Å². The molecule has 5 heteroatoms. The van der Waals surface area contributed by atoms with Gasteiger partial charge in [0.15, 0.2) is 11.5 Å². The lowest BCUT2D eigenvalue weighted by Gasteiger charge is -2.08. The molecule has 1 aliphatic rings. The minimum absolute atomic E-state index is 0.110. The van der Waals surface area contributed by atoms with Crippen molar-refractivity contribution in [2.45, 2.75) is 6.54 Å². The van der Waals surface area contributed by atoms with Crippen LogP contribution in [0, 0.1) is 0 Å². The third-order valence-electron chi connectivity index (χ3n) is 3.90. The summed E-state index contributed by atoms with van der Waals surface area (Å²) >= 11 is 0. The van der Waals surface area contributed by atoms with Crippen LogP contribution in [0.5, 0.6) is 11.5 Å². The molecule has 1 N–H and O–H groups in total. The Morgan fingerprint density at radius 1 is 1.00 bits per heavy atom. The molecular formula is C19H16N2O3. The first kappa shape index (κ1) is 14.4. The molecule has 2 aromatic carbocycles. The van der Waals surface area contributed by atoms with Crippen LogP contribution in [0.4, 0.5) is 0 Å². The number of ether oxygens (including phenoxy) is 2. The van der Waals surface area contributed by atoms with E-state index in [1.165, 1.54) is 0 Å². The van der Waals surface area contributed by atoms with Crippen molar-refractivity contribution in [3.05, 3.63) is 78.1 Å². The van der Waals surface area contributed by atoms with Crippen molar-refractivity contribution in [3.63, 3.8) is 0 Å². The minimum Gasteiger partial charge on any atom is -0.454 e. The van der Waals surface area contributed by atoms with Gasteiger partial charge in [-0.1, -0.05) is 12.1 Å². The number of nitrogens with zero attached hydrogens (tertiary/aromatic N) is 1. The van der Waals surface area contributed by atoms with Crippen LogP contribution in [-0.4, -0.2) is 17.3 Å². The SMILES string of the molecule is O=C(NCc1ccc2c(c1)OCO2)c1cccc(-n2cccc2)c1. The summed E-state index contributed by atoms with van der Waals surface area (Å²) in [4.78, 5) is 12.4. The maximum absolute atomic E-state index is 12.4. The molecular weight excluding hydrogens is 304 g/mol. The van der Waals surface area contributed by atoms with E-state index < -0.39 is 0 Å². The molecule has 0 unspecified atom stereocenters. The van der Waals surface area contributed by atoms with Gasteiger partial charge < -0.3 is 19.4 Å². The van der Waals surface area contributed by atoms with Crippen molar-refractivity contribution in [2.75, 3.05) is 6.79 Å². The Morgan fingerprint density at radius 3 is 2.71 bits per heavy atom. The summed E-state index contributed by atoms with van der Waals surface area (Å²) in [6.45, 7) is 0.681. The molecule has 0 bridgehead atoms. The number of carbonyl (C=O) groups is 1. The van der Waals surface area contributed by atoms with E-state index in [-0.39, 0.29) is 12.7 Å². The van der Waals surface area contributed by atoms with Crippen molar-refractivity contribution < 1.29 is 14.3 Å². The van der Waals surface area contributed by atoms with Gasteiger partial charge in [-0.05, 0) is 48.0 Å². The first-order valence-electron chi connectivity index (χ1n) is 7.70. The molecule has 0 saturated heterocycles. The molecule has 0 radical (unpaired) electrons. The molecule has 24 heavy (non-hydrogen) atoms. The van der Waals surface area contributed by atoms with E-state index in [4.69, 9.17) is 9.47 Å². The van der Waals surface area contributed by atoms with E-state index in [0.717, 1.165) is 22.7 Å². The zero-order valence-electron chi connectivity index (χ0n) is 12.9. The molecule has 0 aliphatic carbocycles. The highest BCUT2D eigenvalue weighted by molar-refractivity contribution is 5.94. The summed E-state index contributed by atoms with van der Waals surface area (Å²) in [5, 5.41) is 2.93. The summed E-state index contributed by atoms with van der Waals surface area (Å²) in [7, 11) is 0. The van der Waals surface area contributed by atoms with E-state index in [1.54, 1.807) is 0 Å². The van der Waals surface area contributed by atoms with E-state index >= 15 is 0 Å². The maximum atomic E-state index is 12.4. The van der Waals surface area contributed by atoms with E-state index in [9.17, 15) is 4.79 Å². The third kappa shape index (κ3) is 2.84. The van der Waals surface area contributed by atoms with Gasteiger partial charge in [0.2, 0.25) is 6.79 Å². The lowest BCUT2D eigenvalue weighted by Crippen LogP contribution is -2.22. The summed E-state index contributed by atoms with van der Waals surface area (Å²) in [5.41, 5.74) is 2.55. The van der Waals surface area contributed by atoms with Gasteiger partial charge in [0.1, 0.15) is 0 Å². The number of aromatic nitrogens is 1. The predicted octanol–water partition coefficient (Wildman–Crippen LogP) is 3.14. The van der Waals surface area contributed by atoms with Gasteiger partial charge in [-0.15, -0.1) is 0 Å². The summed E-state index contributed by atoms with van der Waals surface area (Å²) in [6.07, 6.45) is 3.90. The number of carbonyl (C=O) groups excluding carboxylic acids is 1. The van der Waals surface area contributed by atoms with Gasteiger partial charge in [0.05, 0.1) is 0 Å². The molecule has 120 valence electrons. The van der Waals surface area contributed by atoms with Crippen molar-refractivity contribution in [1.29, 1.82) is 0 Å². The molecule has 0 atom stereocenters. The van der Waals surface area contributed by atoms with Crippen LogP contribution < -0.4 is 14.8 Å². The first-order chi connectivity index (χ1) is 11.8. The molecule has 4 rings (SSSR count). The van der Waals surface area contributed by atoms with Gasteiger partial charge in [-0.3, -0.25) is 4.79 Å². The van der Waals surface area contributed by atoms with E-state index in [0.29, 0.717) is 12.1 Å². The lowest BCUT2D eigenvalue weighted by molar-refractivity contribution is 0.0951. The molecule has 1 aliphatic heterocycles. The van der Waals surface area contributed by atoms with Crippen LogP contribution in [0.1, 0.15) is 15.9 Å². The average molecular weight is 320 g/mol. The van der Waals surface area contributed by atoms with E-state index in [2.05, 4.69) is 5.32 Å². The summed E-state index contributed by atoms with van der Waals surface area (Å²) < 4.78 is 12.6. The Kier molecular flexibility index (Phi) is 3.67. The average Bonchev–Trinajstić information content (AvgIpc) is 3.30. The summed E-state index contributed by atoms with van der Waals surface area (Å²) in [5.74, 6) is 1.35. The summed E-state index contributed by atoms with van der Waals surface area (Å²) in [6, 6.07) is 17.1. The highest BCUT2D eigenvalue weighted by Crippen LogP contribution is 2.32. The molecule has 5 nitrogen and oxygen atoms in total. The van der Waals surface area contributed by atoms with Crippen LogP contribution in [0.15, 0.2) is 67.0 Å². The van der Waals surface area contributed by atoms with Crippen molar-refractivity contribution in [3.8, 4) is 17.2 Å². The second kappa shape index (κ2) is 6.12. The van der Waals surface area contributed by atoms with Gasteiger partial charge in [0.25, 0.3) is 5.91 Å². The monoisotopic (exact) mass is 320 g/mol. The van der Waals surface area contributed by atoms with E-state index in [1.807, 2.05) is 71.6 Å². The van der Waals surface area contributed by atoms with Crippen LogP contribution in [0.25, 0.3) is 5.69 Å². The highest BCUT2D eigenvalue weighted by Gasteiger charge is 2.13. The van der Waals surface area contributed by atoms with Gasteiger partial charge in [0, 0.05) is 30.2 Å². The van der Waals surface area contributed by atoms with Gasteiger partial charge in [-0.2, -0.15) is 0 Å². The molecule has 0 saturated carbocycles. The third-order valence-corrected chi connectivity index (χ3v) is 3.90. The second-order valence-electron chi connectivity index (χ2n) is 5.51. The maximum Gasteiger partial charge on any atom is 0.251 e. The largest absolute Gasteiger partial charge is 0.454 e. The zero-order valence-corrected chi connectivity index (χ0v) is 12.9. The van der Waals surface area contributed by atoms with Crippen LogP contribution in [0.3, 0.4) is 0 Å². The minimum atomic E-state index is -0.110. The second-order valence-corrected chi connectivity index (χ2v) is 5.51. The van der Waals surface area contributed by atoms with Gasteiger partial charge >= 0.3 is 0 Å². The first-order valence-corrected chi connectivity index (χ1v) is 7.70. The number of amides is 1. The fourth-order valence-electron chi connectivity index (χ4n) is 2.65. The molecule has 3 aromatic rings. The number of hydrogen-bond acceptors (Lipinski definition) is 3. The molecule has 1 aromatic heterocycles. The fraction of sp³-hybridized carbons (Fsp3) is 0.105. The number of hydrogen-bond donors (Lipinski definition) is 1. The predicted molar refractivity (Wildman–Crippen MR) is 89.5 cm³/mol. The number of nitrogens with one attached hydrogen (secondary N) is 1. The van der Waals surface area contributed by atoms with Crippen LogP contribution >= 0.6 is 0 Å². The number of benzene rings is 2. The highest BCUT2D eigenvalue weighted by atomic mass is 16.7. The quantitative estimate of drug-likeness (QED) is 0.803. The Bertz CT molecular complexity index is 872. The molecule has 0 fully saturated rings. The molecule has 1 amide bonds. The molecule has 2 heterocycles. The number of fused-ring (bicyclic) bond motifs is 1. The zero-order chi connectivity index (χ0) is 16.4. The normalized spacial score (nSPS) is 12.2. The Balaban J connectivity index is 1.46. The Hall–Kier alpha value is -3.21. The standard InChI is InChI=1S/C19H16N2O3/c22-19(15-4-3-5-16(11-15)21-8-1-2-9-21)20-12-14-6-7-17-18(10-14)24-13-23-17/h1-11H,12-13H2,(H,20,22). The smallest absolute Gasteiger partial charge is 0.251 e. The molecule has 0 spiro atoms.